The zero-order valence-corrected chi connectivity index (χ0v) is 11.1. The highest BCUT2D eigenvalue weighted by molar-refractivity contribution is 5.75. The lowest BCUT2D eigenvalue weighted by Crippen LogP contribution is -2.28. The second-order valence-corrected chi connectivity index (χ2v) is 4.36. The molecule has 0 atom stereocenters. The van der Waals surface area contributed by atoms with Crippen LogP contribution >= 0.6 is 0 Å². The monoisotopic (exact) mass is 342 g/mol. The molecule has 1 amide bonds. The van der Waals surface area contributed by atoms with Crippen LogP contribution in [0.5, 0.6) is 0 Å². The highest BCUT2D eigenvalue weighted by atomic mass is 19.4. The van der Waals surface area contributed by atoms with Crippen LogP contribution < -0.4 is 5.32 Å². The minimum Gasteiger partial charge on any atom is -0.364 e. The van der Waals surface area contributed by atoms with E-state index in [4.69, 9.17) is 0 Å². The molecule has 0 spiro atoms. The Morgan fingerprint density at radius 3 is 2.48 bits per heavy atom. The number of carbonyl (C=O) groups excluding carboxylic acids is 1. The first-order valence-corrected chi connectivity index (χ1v) is 5.95. The predicted octanol–water partition coefficient (Wildman–Crippen LogP) is 2.23. The quantitative estimate of drug-likeness (QED) is 0.865. The summed E-state index contributed by atoms with van der Waals surface area (Å²) >= 11 is 0. The summed E-state index contributed by atoms with van der Waals surface area (Å²) in [6, 6.07) is 0.676. The molecule has 0 unspecified atom stereocenters. The average molecular weight is 342 g/mol. The molecule has 126 valence electrons. The van der Waals surface area contributed by atoms with Crippen LogP contribution in [0.25, 0.3) is 0 Å². The van der Waals surface area contributed by atoms with Crippen LogP contribution in [0.4, 0.5) is 26.3 Å². The Hall–Kier alpha value is -2.53. The third-order valence-electron chi connectivity index (χ3n) is 2.62. The van der Waals surface area contributed by atoms with Crippen molar-refractivity contribution in [3.63, 3.8) is 0 Å². The van der Waals surface area contributed by atoms with E-state index in [9.17, 15) is 31.1 Å². The van der Waals surface area contributed by atoms with E-state index < -0.39 is 48.3 Å². The molecule has 0 aliphatic heterocycles. The van der Waals surface area contributed by atoms with Crippen molar-refractivity contribution in [2.24, 2.45) is 0 Å². The molecule has 2 aromatic heterocycles. The van der Waals surface area contributed by atoms with E-state index in [1.165, 1.54) is 0 Å². The first kappa shape index (κ1) is 16.8. The van der Waals surface area contributed by atoms with E-state index in [0.717, 1.165) is 17.1 Å². The van der Waals surface area contributed by atoms with Gasteiger partial charge in [0.15, 0.2) is 11.4 Å². The molecule has 0 saturated carbocycles. The summed E-state index contributed by atoms with van der Waals surface area (Å²) in [4.78, 5) is 11.5. The summed E-state index contributed by atoms with van der Waals surface area (Å²) in [5.41, 5.74) is -2.86. The number of hydrogen-bond donors (Lipinski definition) is 1. The minimum absolute atomic E-state index is 0.401. The summed E-state index contributed by atoms with van der Waals surface area (Å²) in [7, 11) is 0. The van der Waals surface area contributed by atoms with Crippen molar-refractivity contribution < 1.29 is 35.7 Å². The van der Waals surface area contributed by atoms with E-state index in [2.05, 4.69) is 20.1 Å². The van der Waals surface area contributed by atoms with Gasteiger partial charge in [0.05, 0.1) is 0 Å². The summed E-state index contributed by atoms with van der Waals surface area (Å²) in [6.45, 7) is -1.12. The molecular weight excluding hydrogens is 334 g/mol. The number of aromatic nitrogens is 3. The first-order valence-electron chi connectivity index (χ1n) is 5.95. The second-order valence-electron chi connectivity index (χ2n) is 4.36. The molecule has 0 fully saturated rings. The van der Waals surface area contributed by atoms with Crippen LogP contribution in [-0.4, -0.2) is 20.8 Å². The number of alkyl halides is 6. The van der Waals surface area contributed by atoms with Crippen molar-refractivity contribution in [3.05, 3.63) is 35.5 Å². The maximum absolute atomic E-state index is 12.5. The number of carbonyl (C=O) groups is 1. The van der Waals surface area contributed by atoms with Gasteiger partial charge in [0.2, 0.25) is 5.91 Å². The van der Waals surface area contributed by atoms with Crippen molar-refractivity contribution in [1.82, 2.24) is 20.3 Å². The van der Waals surface area contributed by atoms with Gasteiger partial charge >= 0.3 is 12.4 Å². The smallest absolute Gasteiger partial charge is 0.364 e. The highest BCUT2D eigenvalue weighted by Gasteiger charge is 2.37. The molecule has 0 aliphatic rings. The third kappa shape index (κ3) is 4.23. The Bertz CT molecular complexity index is 687. The molecule has 2 aromatic rings. The summed E-state index contributed by atoms with van der Waals surface area (Å²) in [6.07, 6.45) is -7.73. The van der Waals surface area contributed by atoms with Crippen molar-refractivity contribution in [2.75, 3.05) is 0 Å². The van der Waals surface area contributed by atoms with Gasteiger partial charge in [0, 0.05) is 18.3 Å². The van der Waals surface area contributed by atoms with Gasteiger partial charge in [-0.15, -0.1) is 0 Å². The van der Waals surface area contributed by atoms with Crippen molar-refractivity contribution in [2.45, 2.75) is 25.4 Å². The van der Waals surface area contributed by atoms with Crippen molar-refractivity contribution in [1.29, 1.82) is 0 Å². The Morgan fingerprint density at radius 1 is 1.22 bits per heavy atom. The van der Waals surface area contributed by atoms with Gasteiger partial charge in [0.1, 0.15) is 12.8 Å². The van der Waals surface area contributed by atoms with Gasteiger partial charge in [-0.3, -0.25) is 9.48 Å². The Kier molecular flexibility index (Phi) is 4.34. The molecule has 6 nitrogen and oxygen atoms in total. The van der Waals surface area contributed by atoms with E-state index in [-0.39, 0.29) is 0 Å². The van der Waals surface area contributed by atoms with E-state index in [1.54, 1.807) is 0 Å². The van der Waals surface area contributed by atoms with Gasteiger partial charge < -0.3 is 9.84 Å². The first-order chi connectivity index (χ1) is 10.6. The molecule has 2 heterocycles. The van der Waals surface area contributed by atoms with Crippen LogP contribution in [0.3, 0.4) is 0 Å². The molecule has 0 saturated heterocycles. The van der Waals surface area contributed by atoms with Crippen LogP contribution in [-0.2, 0) is 30.2 Å². The van der Waals surface area contributed by atoms with Gasteiger partial charge in [0.25, 0.3) is 0 Å². The molecule has 2 rings (SSSR count). The number of halogens is 6. The van der Waals surface area contributed by atoms with E-state index >= 15 is 0 Å². The molecular formula is C11H8F6N4O2. The minimum atomic E-state index is -4.74. The molecule has 1 N–H and O–H groups in total. The number of hydrogen-bond acceptors (Lipinski definition) is 4. The van der Waals surface area contributed by atoms with Crippen LogP contribution in [0, 0.1) is 0 Å². The normalized spacial score (nSPS) is 12.4. The van der Waals surface area contributed by atoms with Crippen LogP contribution in [0.1, 0.15) is 17.0 Å². The molecule has 23 heavy (non-hydrogen) atoms. The number of amides is 1. The van der Waals surface area contributed by atoms with Crippen molar-refractivity contribution >= 4 is 5.91 Å². The maximum Gasteiger partial charge on any atom is 0.437 e. The lowest BCUT2D eigenvalue weighted by Gasteiger charge is -2.07. The van der Waals surface area contributed by atoms with Crippen LogP contribution in [0.2, 0.25) is 0 Å². The van der Waals surface area contributed by atoms with E-state index in [1.807, 2.05) is 0 Å². The second kappa shape index (κ2) is 5.93. The van der Waals surface area contributed by atoms with Gasteiger partial charge in [-0.25, -0.2) is 0 Å². The number of nitrogens with one attached hydrogen (secondary N) is 1. The van der Waals surface area contributed by atoms with Gasteiger partial charge in [-0.05, 0) is 6.07 Å². The molecule has 0 aliphatic carbocycles. The average Bonchev–Trinajstić information content (AvgIpc) is 3.03. The fourth-order valence-corrected chi connectivity index (χ4v) is 1.61. The Labute approximate surface area is 124 Å². The van der Waals surface area contributed by atoms with E-state index in [0.29, 0.717) is 6.07 Å². The zero-order chi connectivity index (χ0) is 17.3. The van der Waals surface area contributed by atoms with Crippen molar-refractivity contribution in [3.8, 4) is 0 Å². The molecule has 12 heteroatoms. The maximum atomic E-state index is 12.5. The van der Waals surface area contributed by atoms with Gasteiger partial charge in [-0.2, -0.15) is 31.4 Å². The highest BCUT2D eigenvalue weighted by Crippen LogP contribution is 2.30. The summed E-state index contributed by atoms with van der Waals surface area (Å²) in [5.74, 6) is -0.823. The number of rotatable bonds is 4. The fraction of sp³-hybridized carbons (Fsp3) is 0.364. The SMILES string of the molecule is O=C(Cn1ccc(C(F)(F)F)n1)NCc1conc1C(F)(F)F. The lowest BCUT2D eigenvalue weighted by atomic mass is 10.2. The topological polar surface area (TPSA) is 73.0 Å². The van der Waals surface area contributed by atoms with Gasteiger partial charge in [-0.1, -0.05) is 5.16 Å². The Morgan fingerprint density at radius 2 is 1.91 bits per heavy atom. The number of nitrogens with zero attached hydrogens (tertiary/aromatic N) is 3. The third-order valence-corrected chi connectivity index (χ3v) is 2.62. The predicted molar refractivity (Wildman–Crippen MR) is 60.6 cm³/mol. The fourth-order valence-electron chi connectivity index (χ4n) is 1.61. The molecule has 0 bridgehead atoms. The largest absolute Gasteiger partial charge is 0.437 e. The summed E-state index contributed by atoms with van der Waals surface area (Å²) < 4.78 is 79.4. The zero-order valence-electron chi connectivity index (χ0n) is 11.1. The summed E-state index contributed by atoms with van der Waals surface area (Å²) in [5, 5.41) is 8.04. The lowest BCUT2D eigenvalue weighted by molar-refractivity contribution is -0.143. The Balaban J connectivity index is 1.94. The van der Waals surface area contributed by atoms with Crippen LogP contribution in [0.15, 0.2) is 23.0 Å². The molecule has 0 aromatic carbocycles. The molecule has 0 radical (unpaired) electrons. The standard InChI is InChI=1S/C11H8F6N4O2/c12-10(13,14)7-1-2-21(19-7)4-8(22)18-3-6-5-23-20-9(6)11(15,16)17/h1-2,5H,3-4H2,(H,18,22).